The minimum absolute atomic E-state index is 0.112. The molecule has 0 spiro atoms. The fourth-order valence-corrected chi connectivity index (χ4v) is 5.11. The molecule has 2 aliphatic carbocycles. The predicted molar refractivity (Wildman–Crippen MR) is 115 cm³/mol. The summed E-state index contributed by atoms with van der Waals surface area (Å²) in [5, 5.41) is 5.27. The predicted octanol–water partition coefficient (Wildman–Crippen LogP) is 3.19. The summed E-state index contributed by atoms with van der Waals surface area (Å²) in [4.78, 5) is 37.3. The summed E-state index contributed by atoms with van der Waals surface area (Å²) < 4.78 is 16.0. The van der Waals surface area contributed by atoms with E-state index in [2.05, 4.69) is 25.8 Å². The first-order valence-corrected chi connectivity index (χ1v) is 10.9. The van der Waals surface area contributed by atoms with Crippen molar-refractivity contribution in [1.82, 2.24) is 5.01 Å². The number of nitrogens with zero attached hydrogens (tertiary/aromatic N) is 2. The van der Waals surface area contributed by atoms with Crippen molar-refractivity contribution >= 4 is 51.5 Å². The molecule has 0 radical (unpaired) electrons. The molecule has 164 valence electrons. The molecule has 0 N–H and O–H groups in total. The molecule has 0 unspecified atom stereocenters. The highest BCUT2D eigenvalue weighted by Gasteiger charge is 2.59. The Bertz CT molecular complexity index is 996. The Hall–Kier alpha value is -2.39. The summed E-state index contributed by atoms with van der Waals surface area (Å²) in [6, 6.07) is 1.58. The van der Waals surface area contributed by atoms with E-state index in [1.807, 2.05) is 12.2 Å². The maximum absolute atomic E-state index is 12.8. The molecule has 1 heterocycles. The molecule has 10 heteroatoms. The normalized spacial score (nSPS) is 27.2. The Morgan fingerprint density at radius 2 is 1.87 bits per heavy atom. The number of hydrogen-bond acceptors (Lipinski definition) is 7. The van der Waals surface area contributed by atoms with Crippen molar-refractivity contribution in [2.24, 2.45) is 28.8 Å². The molecule has 2 fully saturated rings. The van der Waals surface area contributed by atoms with E-state index >= 15 is 0 Å². The molecule has 2 bridgehead atoms. The minimum Gasteiger partial charge on any atom is -0.493 e. The highest BCUT2D eigenvalue weighted by atomic mass is 79.9. The number of halogens is 2. The van der Waals surface area contributed by atoms with Crippen molar-refractivity contribution in [3.63, 3.8) is 0 Å². The largest absolute Gasteiger partial charge is 0.493 e. The van der Waals surface area contributed by atoms with Gasteiger partial charge in [-0.05, 0) is 47.2 Å². The Balaban J connectivity index is 1.60. The first kappa shape index (κ1) is 21.8. The van der Waals surface area contributed by atoms with E-state index in [9.17, 15) is 14.4 Å². The second-order valence-corrected chi connectivity index (χ2v) is 8.81. The average molecular weight is 512 g/mol. The van der Waals surface area contributed by atoms with E-state index in [0.29, 0.717) is 10.0 Å². The molecule has 8 nitrogen and oxygen atoms in total. The number of esters is 1. The number of benzene rings is 1. The molecular weight excluding hydrogens is 492 g/mol. The van der Waals surface area contributed by atoms with Gasteiger partial charge in [-0.25, -0.2) is 4.79 Å². The van der Waals surface area contributed by atoms with Crippen LogP contribution >= 0.6 is 27.5 Å². The third-order valence-electron chi connectivity index (χ3n) is 5.96. The van der Waals surface area contributed by atoms with Crippen LogP contribution in [0.4, 0.5) is 0 Å². The van der Waals surface area contributed by atoms with Crippen molar-refractivity contribution in [3.05, 3.63) is 33.3 Å². The summed E-state index contributed by atoms with van der Waals surface area (Å²) in [6.45, 7) is 1.52. The average Bonchev–Trinajstić information content (AvgIpc) is 3.44. The Morgan fingerprint density at radius 3 is 2.42 bits per heavy atom. The van der Waals surface area contributed by atoms with Crippen molar-refractivity contribution in [2.45, 2.75) is 19.4 Å². The topological polar surface area (TPSA) is 94.5 Å². The van der Waals surface area contributed by atoms with Gasteiger partial charge in [-0.2, -0.15) is 10.1 Å². The number of methoxy groups -OCH3 is 2. The van der Waals surface area contributed by atoms with Gasteiger partial charge in [0.05, 0.1) is 32.3 Å². The van der Waals surface area contributed by atoms with Gasteiger partial charge in [0, 0.05) is 10.0 Å². The highest BCUT2D eigenvalue weighted by molar-refractivity contribution is 9.10. The molecule has 0 aromatic heterocycles. The van der Waals surface area contributed by atoms with Gasteiger partial charge < -0.3 is 14.2 Å². The van der Waals surface area contributed by atoms with Crippen LogP contribution < -0.4 is 9.47 Å². The molecular formula is C21H20BrClN2O6. The van der Waals surface area contributed by atoms with E-state index in [0.717, 1.165) is 11.4 Å². The number of carbonyl (C=O) groups is 3. The number of hydrazone groups is 1. The van der Waals surface area contributed by atoms with Crippen LogP contribution in [0.5, 0.6) is 11.5 Å². The molecule has 1 aromatic rings. The summed E-state index contributed by atoms with van der Waals surface area (Å²) in [5.74, 6) is -1.13. The number of imide groups is 1. The molecule has 1 aromatic carbocycles. The second kappa shape index (κ2) is 8.27. The molecule has 1 saturated heterocycles. The van der Waals surface area contributed by atoms with Crippen LogP contribution in [0, 0.1) is 23.7 Å². The van der Waals surface area contributed by atoms with Gasteiger partial charge in [0.25, 0.3) is 11.8 Å². The minimum atomic E-state index is -0.911. The number of rotatable bonds is 6. The summed E-state index contributed by atoms with van der Waals surface area (Å²) in [7, 11) is 2.68. The van der Waals surface area contributed by atoms with Gasteiger partial charge in [-0.3, -0.25) is 9.59 Å². The van der Waals surface area contributed by atoms with Crippen molar-refractivity contribution in [1.29, 1.82) is 0 Å². The highest BCUT2D eigenvalue weighted by Crippen LogP contribution is 2.52. The summed E-state index contributed by atoms with van der Waals surface area (Å²) in [5.41, 5.74) is 0.471. The van der Waals surface area contributed by atoms with Crippen LogP contribution in [-0.4, -0.2) is 49.3 Å². The smallest absolute Gasteiger partial charge is 0.346 e. The molecule has 5 atom stereocenters. The number of hydrogen-bond donors (Lipinski definition) is 0. The van der Waals surface area contributed by atoms with Crippen LogP contribution in [0.1, 0.15) is 18.9 Å². The fourth-order valence-electron chi connectivity index (χ4n) is 4.47. The van der Waals surface area contributed by atoms with E-state index in [1.54, 1.807) is 6.07 Å². The first-order valence-electron chi connectivity index (χ1n) is 9.69. The van der Waals surface area contributed by atoms with E-state index in [4.69, 9.17) is 21.1 Å². The van der Waals surface area contributed by atoms with E-state index in [-0.39, 0.29) is 52.0 Å². The van der Waals surface area contributed by atoms with Crippen LogP contribution in [0.15, 0.2) is 27.8 Å². The van der Waals surface area contributed by atoms with Crippen LogP contribution in [0.2, 0.25) is 5.02 Å². The number of amides is 2. The molecule has 1 aliphatic heterocycles. The maximum Gasteiger partial charge on any atom is 0.346 e. The van der Waals surface area contributed by atoms with Gasteiger partial charge in [-0.15, -0.1) is 0 Å². The summed E-state index contributed by atoms with van der Waals surface area (Å²) >= 11 is 9.81. The summed E-state index contributed by atoms with van der Waals surface area (Å²) in [6.07, 6.45) is 5.37. The molecule has 2 amide bonds. The van der Waals surface area contributed by atoms with Crippen LogP contribution in [0.25, 0.3) is 0 Å². The van der Waals surface area contributed by atoms with Gasteiger partial charge in [-0.1, -0.05) is 23.8 Å². The van der Waals surface area contributed by atoms with Gasteiger partial charge >= 0.3 is 5.97 Å². The Labute approximate surface area is 192 Å². The van der Waals surface area contributed by atoms with Gasteiger partial charge in [0.2, 0.25) is 0 Å². The zero-order valence-corrected chi connectivity index (χ0v) is 19.3. The maximum atomic E-state index is 12.8. The lowest BCUT2D eigenvalue weighted by Crippen LogP contribution is -2.28. The lowest BCUT2D eigenvalue weighted by atomic mass is 9.85. The Morgan fingerprint density at radius 1 is 1.26 bits per heavy atom. The first-order chi connectivity index (χ1) is 14.8. The number of allylic oxidation sites excluding steroid dienone is 2. The third-order valence-corrected chi connectivity index (χ3v) is 7.41. The van der Waals surface area contributed by atoms with Gasteiger partial charge in [0.15, 0.2) is 17.6 Å². The zero-order chi connectivity index (χ0) is 22.4. The quantitative estimate of drug-likeness (QED) is 0.252. The second-order valence-electron chi connectivity index (χ2n) is 7.64. The van der Waals surface area contributed by atoms with Crippen LogP contribution in [0.3, 0.4) is 0 Å². The van der Waals surface area contributed by atoms with Crippen molar-refractivity contribution in [3.8, 4) is 11.5 Å². The lowest BCUT2D eigenvalue weighted by molar-refractivity contribution is -0.148. The molecule has 1 saturated carbocycles. The van der Waals surface area contributed by atoms with E-state index < -0.39 is 12.1 Å². The SMILES string of the molecule is COC(=O)[C@@H](C)Oc1c(OC)cc(C=NN2C(=O)[C@@H]3[C@H](C2=O)[C@H]2C=C[C@H]3C2)c(Br)c1Cl. The Kier molecular flexibility index (Phi) is 5.83. The number of fused-ring (bicyclic) bond motifs is 5. The number of ether oxygens (including phenoxy) is 3. The van der Waals surface area contributed by atoms with Crippen molar-refractivity contribution < 1.29 is 28.6 Å². The molecule has 3 aliphatic rings. The zero-order valence-electron chi connectivity index (χ0n) is 17.0. The third kappa shape index (κ3) is 3.53. The molecule has 31 heavy (non-hydrogen) atoms. The molecule has 4 rings (SSSR count). The monoisotopic (exact) mass is 510 g/mol. The van der Waals surface area contributed by atoms with Gasteiger partial charge in [0.1, 0.15) is 5.02 Å². The lowest BCUT2D eigenvalue weighted by Gasteiger charge is -2.18. The van der Waals surface area contributed by atoms with Crippen LogP contribution in [-0.2, 0) is 19.1 Å². The van der Waals surface area contributed by atoms with Crippen molar-refractivity contribution in [2.75, 3.05) is 14.2 Å². The van der Waals surface area contributed by atoms with E-state index in [1.165, 1.54) is 27.4 Å². The standard InChI is InChI=1S/C21H20BrClN2O6/c1-9(21(28)30-3)31-18-13(29-2)7-12(16(22)17(18)23)8-24-25-19(26)14-10-4-5-11(6-10)15(14)20(25)27/h4-5,7-11,14-15H,6H2,1-3H3/t9-,10+,11+,14-,15+/m1/s1. The number of carbonyl (C=O) groups excluding carboxylic acids is 3. The fraction of sp³-hybridized carbons (Fsp3) is 0.429.